The molecule has 20 heavy (non-hydrogen) atoms. The van der Waals surface area contributed by atoms with Crippen molar-refractivity contribution in [2.45, 2.75) is 11.8 Å². The van der Waals surface area contributed by atoms with Crippen LogP contribution in [-0.4, -0.2) is 20.5 Å². The van der Waals surface area contributed by atoms with Crippen molar-refractivity contribution in [1.82, 2.24) is 4.98 Å². The van der Waals surface area contributed by atoms with Crippen LogP contribution in [0.25, 0.3) is 0 Å². The molecule has 0 amide bonds. The molecule has 0 unspecified atom stereocenters. The summed E-state index contributed by atoms with van der Waals surface area (Å²) < 4.78 is 32.1. The lowest BCUT2D eigenvalue weighted by Crippen LogP contribution is -2.16. The lowest BCUT2D eigenvalue weighted by atomic mass is 10.2. The number of nitrogens with one attached hydrogen (secondary N) is 1. The number of aromatic nitrogens is 1. The average Bonchev–Trinajstić information content (AvgIpc) is 2.41. The predicted molar refractivity (Wildman–Crippen MR) is 77.2 cm³/mol. The molecule has 0 radical (unpaired) electrons. The molecule has 0 bridgehead atoms. The van der Waals surface area contributed by atoms with Gasteiger partial charge in [-0.1, -0.05) is 0 Å². The minimum absolute atomic E-state index is 0.0360. The predicted octanol–water partition coefficient (Wildman–Crippen LogP) is 1.78. The van der Waals surface area contributed by atoms with Crippen LogP contribution >= 0.6 is 0 Å². The van der Waals surface area contributed by atoms with Crippen LogP contribution in [0.2, 0.25) is 0 Å². The third-order valence-corrected chi connectivity index (χ3v) is 4.18. The van der Waals surface area contributed by atoms with Crippen molar-refractivity contribution >= 4 is 21.5 Å². The Bertz CT molecular complexity index is 729. The number of hydrogen-bond donors (Lipinski definition) is 2. The van der Waals surface area contributed by atoms with Crippen molar-refractivity contribution in [2.24, 2.45) is 0 Å². The van der Waals surface area contributed by atoms with E-state index in [9.17, 15) is 8.42 Å². The topological polar surface area (TPSA) is 94.3 Å². The smallest absolute Gasteiger partial charge is 0.265 e. The van der Waals surface area contributed by atoms with E-state index >= 15 is 0 Å². The number of benzene rings is 1. The highest BCUT2D eigenvalue weighted by atomic mass is 32.2. The molecule has 0 aliphatic heterocycles. The van der Waals surface area contributed by atoms with Gasteiger partial charge in [-0.2, -0.15) is 0 Å². The molecule has 3 N–H and O–H groups in total. The summed E-state index contributed by atoms with van der Waals surface area (Å²) in [6.45, 7) is 1.78. The minimum atomic E-state index is -3.76. The Balaban J connectivity index is 2.36. The second-order valence-corrected chi connectivity index (χ2v) is 5.82. The minimum Gasteiger partial charge on any atom is -0.497 e. The van der Waals surface area contributed by atoms with Gasteiger partial charge < -0.3 is 10.5 Å². The second kappa shape index (κ2) is 5.38. The highest BCUT2D eigenvalue weighted by molar-refractivity contribution is 7.92. The van der Waals surface area contributed by atoms with Crippen LogP contribution in [0.1, 0.15) is 5.56 Å². The average molecular weight is 293 g/mol. The Hall–Kier alpha value is -2.28. The SMILES string of the molecule is COc1ccc(NS(=O)(=O)c2cccnc2N)c(C)c1. The van der Waals surface area contributed by atoms with Crippen molar-refractivity contribution in [1.29, 1.82) is 0 Å². The number of nitrogens with zero attached hydrogens (tertiary/aromatic N) is 1. The van der Waals surface area contributed by atoms with E-state index in [-0.39, 0.29) is 10.7 Å². The maximum atomic E-state index is 12.3. The number of pyridine rings is 1. The normalized spacial score (nSPS) is 11.1. The quantitative estimate of drug-likeness (QED) is 0.896. The number of nitrogens with two attached hydrogens (primary N) is 1. The van der Waals surface area contributed by atoms with Gasteiger partial charge in [0.1, 0.15) is 16.5 Å². The van der Waals surface area contributed by atoms with Crippen LogP contribution in [0.15, 0.2) is 41.4 Å². The molecular formula is C13H15N3O3S. The van der Waals surface area contributed by atoms with E-state index in [1.165, 1.54) is 18.3 Å². The van der Waals surface area contributed by atoms with Gasteiger partial charge in [0.15, 0.2) is 0 Å². The zero-order valence-corrected chi connectivity index (χ0v) is 11.9. The molecule has 2 rings (SSSR count). The fraction of sp³-hybridized carbons (Fsp3) is 0.154. The van der Waals surface area contributed by atoms with Gasteiger partial charge in [-0.05, 0) is 42.8 Å². The fourth-order valence-electron chi connectivity index (χ4n) is 1.71. The van der Waals surface area contributed by atoms with Gasteiger partial charge in [0.05, 0.1) is 12.8 Å². The van der Waals surface area contributed by atoms with Crippen molar-refractivity contribution in [2.75, 3.05) is 17.6 Å². The zero-order chi connectivity index (χ0) is 14.8. The Labute approximate surface area is 117 Å². The molecule has 0 saturated heterocycles. The number of aryl methyl sites for hydroxylation is 1. The molecule has 6 nitrogen and oxygen atoms in total. The Morgan fingerprint density at radius 2 is 2.05 bits per heavy atom. The first kappa shape index (κ1) is 14.1. The van der Waals surface area contributed by atoms with Crippen LogP contribution in [0.3, 0.4) is 0 Å². The van der Waals surface area contributed by atoms with E-state index in [0.717, 1.165) is 5.56 Å². The summed E-state index contributed by atoms with van der Waals surface area (Å²) in [6, 6.07) is 7.98. The van der Waals surface area contributed by atoms with Crippen LogP contribution in [0.4, 0.5) is 11.5 Å². The van der Waals surface area contributed by atoms with Gasteiger partial charge in [0.25, 0.3) is 10.0 Å². The summed E-state index contributed by atoms with van der Waals surface area (Å²) in [5, 5.41) is 0. The first-order valence-electron chi connectivity index (χ1n) is 5.82. The monoisotopic (exact) mass is 293 g/mol. The van der Waals surface area contributed by atoms with E-state index < -0.39 is 10.0 Å². The molecule has 0 fully saturated rings. The third kappa shape index (κ3) is 2.83. The van der Waals surface area contributed by atoms with Crippen molar-refractivity contribution in [3.8, 4) is 5.75 Å². The number of ether oxygens (including phenoxy) is 1. The summed E-state index contributed by atoms with van der Waals surface area (Å²) in [4.78, 5) is 3.73. The molecule has 0 spiro atoms. The Morgan fingerprint density at radius 1 is 1.30 bits per heavy atom. The van der Waals surface area contributed by atoms with Crippen molar-refractivity contribution < 1.29 is 13.2 Å². The molecular weight excluding hydrogens is 278 g/mol. The first-order chi connectivity index (χ1) is 9.44. The van der Waals surface area contributed by atoms with Gasteiger partial charge >= 0.3 is 0 Å². The molecule has 0 atom stereocenters. The number of rotatable bonds is 4. The molecule has 1 aromatic carbocycles. The van der Waals surface area contributed by atoms with Crippen LogP contribution in [0.5, 0.6) is 5.75 Å². The number of nitrogen functional groups attached to an aromatic ring is 1. The molecule has 1 heterocycles. The van der Waals surface area contributed by atoms with Crippen LogP contribution in [-0.2, 0) is 10.0 Å². The largest absolute Gasteiger partial charge is 0.497 e. The Morgan fingerprint density at radius 3 is 2.65 bits per heavy atom. The fourth-order valence-corrected chi connectivity index (χ4v) is 2.92. The first-order valence-corrected chi connectivity index (χ1v) is 7.30. The summed E-state index contributed by atoms with van der Waals surface area (Å²) in [6.07, 6.45) is 1.44. The maximum absolute atomic E-state index is 12.3. The summed E-state index contributed by atoms with van der Waals surface area (Å²) in [5.41, 5.74) is 6.81. The van der Waals surface area contributed by atoms with Gasteiger partial charge in [0.2, 0.25) is 0 Å². The molecule has 0 saturated carbocycles. The Kier molecular flexibility index (Phi) is 3.80. The third-order valence-electron chi connectivity index (χ3n) is 2.77. The summed E-state index contributed by atoms with van der Waals surface area (Å²) >= 11 is 0. The molecule has 106 valence electrons. The number of methoxy groups -OCH3 is 1. The number of sulfonamides is 1. The maximum Gasteiger partial charge on any atom is 0.265 e. The lowest BCUT2D eigenvalue weighted by molar-refractivity contribution is 0.414. The molecule has 0 aliphatic carbocycles. The van der Waals surface area contributed by atoms with Crippen molar-refractivity contribution in [3.05, 3.63) is 42.1 Å². The highest BCUT2D eigenvalue weighted by Gasteiger charge is 2.18. The van der Waals surface area contributed by atoms with E-state index in [2.05, 4.69) is 9.71 Å². The zero-order valence-electron chi connectivity index (χ0n) is 11.1. The van der Waals surface area contributed by atoms with Crippen LogP contribution in [0, 0.1) is 6.92 Å². The lowest BCUT2D eigenvalue weighted by Gasteiger charge is -2.12. The molecule has 1 aromatic heterocycles. The standard InChI is InChI=1S/C13H15N3O3S/c1-9-8-10(19-2)5-6-11(9)16-20(17,18)12-4-3-7-15-13(12)14/h3-8,16H,1-2H3,(H2,14,15). The molecule has 0 aliphatic rings. The summed E-state index contributed by atoms with van der Waals surface area (Å²) in [7, 11) is -2.21. The van der Waals surface area contributed by atoms with Gasteiger partial charge in [0, 0.05) is 6.20 Å². The number of hydrogen-bond acceptors (Lipinski definition) is 5. The highest BCUT2D eigenvalue weighted by Crippen LogP contribution is 2.25. The van der Waals surface area contributed by atoms with Crippen molar-refractivity contribution in [3.63, 3.8) is 0 Å². The van der Waals surface area contributed by atoms with Gasteiger partial charge in [-0.3, -0.25) is 4.72 Å². The van der Waals surface area contributed by atoms with E-state index in [0.29, 0.717) is 11.4 Å². The molecule has 7 heteroatoms. The number of anilines is 2. The van der Waals surface area contributed by atoms with Crippen LogP contribution < -0.4 is 15.2 Å². The van der Waals surface area contributed by atoms with Gasteiger partial charge in [-0.25, -0.2) is 13.4 Å². The van der Waals surface area contributed by atoms with E-state index in [4.69, 9.17) is 10.5 Å². The van der Waals surface area contributed by atoms with E-state index in [1.54, 1.807) is 32.2 Å². The summed E-state index contributed by atoms with van der Waals surface area (Å²) in [5.74, 6) is 0.623. The van der Waals surface area contributed by atoms with Gasteiger partial charge in [-0.15, -0.1) is 0 Å². The molecule has 2 aromatic rings. The van der Waals surface area contributed by atoms with E-state index in [1.807, 2.05) is 0 Å². The second-order valence-electron chi connectivity index (χ2n) is 4.17.